The number of hydrogen-bond acceptors (Lipinski definition) is 2. The maximum Gasteiger partial charge on any atom is 0.307 e. The fourth-order valence-electron chi connectivity index (χ4n) is 3.70. The van der Waals surface area contributed by atoms with Crippen LogP contribution in [-0.2, 0) is 22.4 Å². The van der Waals surface area contributed by atoms with Crippen molar-refractivity contribution in [2.75, 3.05) is 5.32 Å². The second kappa shape index (κ2) is 4.86. The van der Waals surface area contributed by atoms with Gasteiger partial charge in [-0.05, 0) is 48.3 Å². The van der Waals surface area contributed by atoms with Crippen molar-refractivity contribution >= 4 is 17.6 Å². The highest BCUT2D eigenvalue weighted by atomic mass is 16.4. The van der Waals surface area contributed by atoms with Crippen molar-refractivity contribution in [3.8, 4) is 0 Å². The zero-order chi connectivity index (χ0) is 15.2. The number of carbonyl (C=O) groups is 2. The van der Waals surface area contributed by atoms with Crippen molar-refractivity contribution in [2.24, 2.45) is 17.3 Å². The minimum absolute atomic E-state index is 0.161. The number of benzene rings is 1. The summed E-state index contributed by atoms with van der Waals surface area (Å²) >= 11 is 0. The van der Waals surface area contributed by atoms with Gasteiger partial charge < -0.3 is 10.4 Å². The van der Waals surface area contributed by atoms with E-state index in [1.807, 2.05) is 26.0 Å². The summed E-state index contributed by atoms with van der Waals surface area (Å²) in [6.45, 7) is 3.69. The van der Waals surface area contributed by atoms with Gasteiger partial charge in [0.25, 0.3) is 0 Å². The topological polar surface area (TPSA) is 66.4 Å². The zero-order valence-electron chi connectivity index (χ0n) is 12.5. The fourth-order valence-corrected chi connectivity index (χ4v) is 3.70. The van der Waals surface area contributed by atoms with Gasteiger partial charge in [-0.3, -0.25) is 9.59 Å². The molecule has 1 aromatic carbocycles. The number of nitrogens with one attached hydrogen (secondary N) is 1. The Balaban J connectivity index is 1.79. The second-order valence-corrected chi connectivity index (χ2v) is 6.75. The van der Waals surface area contributed by atoms with Gasteiger partial charge in [0.2, 0.25) is 5.91 Å². The Labute approximate surface area is 124 Å². The van der Waals surface area contributed by atoms with Gasteiger partial charge in [0.1, 0.15) is 0 Å². The molecule has 2 aliphatic carbocycles. The summed E-state index contributed by atoms with van der Waals surface area (Å²) in [6, 6.07) is 6.00. The van der Waals surface area contributed by atoms with E-state index in [9.17, 15) is 14.7 Å². The lowest BCUT2D eigenvalue weighted by molar-refractivity contribution is -0.140. The minimum Gasteiger partial charge on any atom is -0.481 e. The molecule has 112 valence electrons. The molecule has 1 amide bonds. The molecule has 21 heavy (non-hydrogen) atoms. The largest absolute Gasteiger partial charge is 0.481 e. The van der Waals surface area contributed by atoms with Crippen molar-refractivity contribution < 1.29 is 14.7 Å². The minimum atomic E-state index is -0.879. The van der Waals surface area contributed by atoms with Gasteiger partial charge in [-0.2, -0.15) is 0 Å². The van der Waals surface area contributed by atoms with E-state index in [1.165, 1.54) is 17.5 Å². The molecule has 0 aliphatic heterocycles. The summed E-state index contributed by atoms with van der Waals surface area (Å²) in [4.78, 5) is 23.6. The van der Waals surface area contributed by atoms with Crippen LogP contribution in [0.4, 0.5) is 5.69 Å². The van der Waals surface area contributed by atoms with Crippen LogP contribution in [0.3, 0.4) is 0 Å². The van der Waals surface area contributed by atoms with Crippen LogP contribution in [0.15, 0.2) is 18.2 Å². The quantitative estimate of drug-likeness (QED) is 0.898. The number of rotatable bonds is 3. The van der Waals surface area contributed by atoms with Crippen molar-refractivity contribution in [3.05, 3.63) is 29.3 Å². The Morgan fingerprint density at radius 2 is 1.90 bits per heavy atom. The number of carbonyl (C=O) groups excluding carboxylic acids is 1. The molecule has 0 bridgehead atoms. The number of carboxylic acid groups (broad SMARTS) is 1. The van der Waals surface area contributed by atoms with Crippen molar-refractivity contribution in [2.45, 2.75) is 39.5 Å². The van der Waals surface area contributed by atoms with Crippen LogP contribution in [-0.4, -0.2) is 17.0 Å². The van der Waals surface area contributed by atoms with E-state index in [0.717, 1.165) is 24.9 Å². The summed E-state index contributed by atoms with van der Waals surface area (Å²) < 4.78 is 0. The van der Waals surface area contributed by atoms with Crippen LogP contribution in [0, 0.1) is 17.3 Å². The summed E-state index contributed by atoms with van der Waals surface area (Å²) in [6.07, 6.45) is 4.39. The molecule has 2 unspecified atom stereocenters. The SMILES string of the molecule is CC1(C)C(C(=O)O)C1C(=O)Nc1cccc2c1CCCC2. The molecule has 2 atom stereocenters. The summed E-state index contributed by atoms with van der Waals surface area (Å²) in [5.41, 5.74) is 2.94. The Kier molecular flexibility index (Phi) is 3.27. The molecule has 0 heterocycles. The van der Waals surface area contributed by atoms with Gasteiger partial charge in [-0.15, -0.1) is 0 Å². The third kappa shape index (κ3) is 2.33. The molecular formula is C17H21NO3. The normalized spacial score (nSPS) is 25.8. The van der Waals surface area contributed by atoms with Crippen LogP contribution in [0.1, 0.15) is 37.8 Å². The molecule has 1 aromatic rings. The molecule has 2 N–H and O–H groups in total. The maximum absolute atomic E-state index is 12.4. The third-order valence-corrected chi connectivity index (χ3v) is 5.03. The Morgan fingerprint density at radius 1 is 1.19 bits per heavy atom. The zero-order valence-corrected chi connectivity index (χ0v) is 12.5. The first-order chi connectivity index (χ1) is 9.93. The Hall–Kier alpha value is -1.84. The summed E-state index contributed by atoms with van der Waals surface area (Å²) in [5.74, 6) is -2.05. The molecular weight excluding hydrogens is 266 g/mol. The lowest BCUT2D eigenvalue weighted by Crippen LogP contribution is -2.19. The molecule has 3 rings (SSSR count). The average Bonchev–Trinajstić information content (AvgIpc) is 3.02. The van der Waals surface area contributed by atoms with Crippen LogP contribution in [0.2, 0.25) is 0 Å². The number of fused-ring (bicyclic) bond motifs is 1. The van der Waals surface area contributed by atoms with E-state index < -0.39 is 23.2 Å². The van der Waals surface area contributed by atoms with Crippen LogP contribution in [0.5, 0.6) is 0 Å². The van der Waals surface area contributed by atoms with E-state index in [0.29, 0.717) is 0 Å². The first-order valence-electron chi connectivity index (χ1n) is 7.57. The third-order valence-electron chi connectivity index (χ3n) is 5.03. The van der Waals surface area contributed by atoms with Gasteiger partial charge in [0.05, 0.1) is 11.8 Å². The standard InChI is InChI=1S/C17H21NO3/c1-17(2)13(14(17)16(20)21)15(19)18-12-9-5-7-10-6-3-4-8-11(10)12/h5,7,9,13-14H,3-4,6,8H2,1-2H3,(H,18,19)(H,20,21). The maximum atomic E-state index is 12.4. The molecule has 2 aliphatic rings. The van der Waals surface area contributed by atoms with E-state index in [2.05, 4.69) is 11.4 Å². The molecule has 0 saturated heterocycles. The highest BCUT2D eigenvalue weighted by molar-refractivity contribution is 6.00. The van der Waals surface area contributed by atoms with Crippen LogP contribution < -0.4 is 5.32 Å². The first kappa shape index (κ1) is 14.1. The smallest absolute Gasteiger partial charge is 0.307 e. The first-order valence-corrected chi connectivity index (χ1v) is 7.57. The number of amides is 1. The molecule has 0 aromatic heterocycles. The lowest BCUT2D eigenvalue weighted by atomic mass is 9.90. The van der Waals surface area contributed by atoms with E-state index in [-0.39, 0.29) is 5.91 Å². The van der Waals surface area contributed by atoms with Gasteiger partial charge in [0.15, 0.2) is 0 Å². The summed E-state index contributed by atoms with van der Waals surface area (Å²) in [7, 11) is 0. The number of aliphatic carboxylic acids is 1. The molecule has 1 fully saturated rings. The molecule has 0 spiro atoms. The van der Waals surface area contributed by atoms with Crippen LogP contribution in [0.25, 0.3) is 0 Å². The fraction of sp³-hybridized carbons (Fsp3) is 0.529. The predicted octanol–water partition coefficient (Wildman–Crippen LogP) is 2.86. The van der Waals surface area contributed by atoms with Crippen molar-refractivity contribution in [3.63, 3.8) is 0 Å². The Bertz CT molecular complexity index is 606. The predicted molar refractivity (Wildman–Crippen MR) is 80.1 cm³/mol. The number of aryl methyl sites for hydroxylation is 1. The number of carboxylic acids is 1. The average molecular weight is 287 g/mol. The van der Waals surface area contributed by atoms with Gasteiger partial charge in [0, 0.05) is 5.69 Å². The Morgan fingerprint density at radius 3 is 2.57 bits per heavy atom. The van der Waals surface area contributed by atoms with E-state index >= 15 is 0 Å². The molecule has 4 heteroatoms. The van der Waals surface area contributed by atoms with Crippen LogP contribution >= 0.6 is 0 Å². The molecule has 0 radical (unpaired) electrons. The number of anilines is 1. The van der Waals surface area contributed by atoms with E-state index in [4.69, 9.17) is 0 Å². The summed E-state index contributed by atoms with van der Waals surface area (Å²) in [5, 5.41) is 12.2. The van der Waals surface area contributed by atoms with Gasteiger partial charge >= 0.3 is 5.97 Å². The molecule has 4 nitrogen and oxygen atoms in total. The number of hydrogen-bond donors (Lipinski definition) is 2. The van der Waals surface area contributed by atoms with Gasteiger partial charge in [-0.25, -0.2) is 0 Å². The second-order valence-electron chi connectivity index (χ2n) is 6.75. The lowest BCUT2D eigenvalue weighted by Gasteiger charge is -2.19. The highest BCUT2D eigenvalue weighted by Gasteiger charge is 2.65. The van der Waals surface area contributed by atoms with Crippen molar-refractivity contribution in [1.82, 2.24) is 0 Å². The van der Waals surface area contributed by atoms with E-state index in [1.54, 1.807) is 0 Å². The van der Waals surface area contributed by atoms with Gasteiger partial charge in [-0.1, -0.05) is 26.0 Å². The highest BCUT2D eigenvalue weighted by Crippen LogP contribution is 2.58. The molecule has 1 saturated carbocycles. The monoisotopic (exact) mass is 287 g/mol. The van der Waals surface area contributed by atoms with Crippen molar-refractivity contribution in [1.29, 1.82) is 0 Å².